The number of aliphatic hydroxyl groups excluding tert-OH is 1. The van der Waals surface area contributed by atoms with Crippen LogP contribution in [0.3, 0.4) is 0 Å². The summed E-state index contributed by atoms with van der Waals surface area (Å²) < 4.78 is 0. The van der Waals surface area contributed by atoms with Gasteiger partial charge < -0.3 is 5.11 Å². The first-order chi connectivity index (χ1) is 10.0. The Morgan fingerprint density at radius 3 is 2.81 bits per heavy atom. The summed E-state index contributed by atoms with van der Waals surface area (Å²) in [5.74, 6) is 0.0226. The lowest BCUT2D eigenvalue weighted by molar-refractivity contribution is -0.116. The highest BCUT2D eigenvalue weighted by molar-refractivity contribution is 7.14. The molecule has 0 radical (unpaired) electrons. The number of carbonyl (C=O) groups excluding carboxylic acids is 1. The highest BCUT2D eigenvalue weighted by atomic mass is 32.1. The Morgan fingerprint density at radius 2 is 2.19 bits per heavy atom. The summed E-state index contributed by atoms with van der Waals surface area (Å²) in [6, 6.07) is 0.221. The molecule has 0 saturated heterocycles. The molecule has 0 aliphatic heterocycles. The summed E-state index contributed by atoms with van der Waals surface area (Å²) >= 11 is 1.50. The van der Waals surface area contributed by atoms with Crippen molar-refractivity contribution in [3.05, 3.63) is 11.1 Å². The first-order valence-corrected chi connectivity index (χ1v) is 8.51. The number of hydrogen-bond acceptors (Lipinski definition) is 5. The molecule has 1 fully saturated rings. The third-order valence-electron chi connectivity index (χ3n) is 4.14. The first-order valence-electron chi connectivity index (χ1n) is 7.63. The largest absolute Gasteiger partial charge is 0.391 e. The van der Waals surface area contributed by atoms with Gasteiger partial charge in [-0.15, -0.1) is 11.3 Å². The fourth-order valence-electron chi connectivity index (χ4n) is 2.96. The molecule has 2 atom stereocenters. The van der Waals surface area contributed by atoms with Crippen LogP contribution in [-0.4, -0.2) is 46.6 Å². The van der Waals surface area contributed by atoms with Crippen molar-refractivity contribution in [2.24, 2.45) is 0 Å². The maximum atomic E-state index is 11.5. The first kappa shape index (κ1) is 16.4. The smallest absolute Gasteiger partial charge is 0.225 e. The molecule has 0 aromatic carbocycles. The number of aromatic nitrogens is 1. The minimum atomic E-state index is -0.230. The van der Waals surface area contributed by atoms with Gasteiger partial charge in [0.05, 0.1) is 11.8 Å². The van der Waals surface area contributed by atoms with E-state index in [1.165, 1.54) is 17.8 Å². The molecule has 2 rings (SSSR count). The number of rotatable bonds is 5. The van der Waals surface area contributed by atoms with Crippen LogP contribution >= 0.6 is 11.3 Å². The van der Waals surface area contributed by atoms with Crippen LogP contribution in [0.2, 0.25) is 0 Å². The predicted octanol–water partition coefficient (Wildman–Crippen LogP) is 2.25. The average molecular weight is 311 g/mol. The minimum Gasteiger partial charge on any atom is -0.391 e. The number of thiazole rings is 1. The molecule has 1 amide bonds. The maximum Gasteiger partial charge on any atom is 0.225 e. The third-order valence-corrected chi connectivity index (χ3v) is 5.05. The standard InChI is InChI=1S/C15H25N3O2S/c1-4-18(11(2)19)15-16-12(10-21-15)9-17(3)13-7-5-6-8-14(13)20/h10,13-14,20H,4-9H2,1-3H3. The average Bonchev–Trinajstić information content (AvgIpc) is 2.87. The zero-order valence-corrected chi connectivity index (χ0v) is 13.9. The summed E-state index contributed by atoms with van der Waals surface area (Å²) in [7, 11) is 2.04. The second-order valence-corrected chi connectivity index (χ2v) is 6.56. The second-order valence-electron chi connectivity index (χ2n) is 5.72. The van der Waals surface area contributed by atoms with Crippen molar-refractivity contribution in [1.82, 2.24) is 9.88 Å². The van der Waals surface area contributed by atoms with Gasteiger partial charge in [-0.3, -0.25) is 14.6 Å². The summed E-state index contributed by atoms with van der Waals surface area (Å²) in [5, 5.41) is 12.9. The molecule has 118 valence electrons. The molecule has 1 aliphatic rings. The lowest BCUT2D eigenvalue weighted by Gasteiger charge is -2.34. The van der Waals surface area contributed by atoms with E-state index in [0.29, 0.717) is 13.1 Å². The molecule has 1 aliphatic carbocycles. The number of amides is 1. The van der Waals surface area contributed by atoms with Gasteiger partial charge in [0.1, 0.15) is 0 Å². The monoisotopic (exact) mass is 311 g/mol. The number of aliphatic hydroxyl groups is 1. The second kappa shape index (κ2) is 7.33. The fourth-order valence-corrected chi connectivity index (χ4v) is 3.89. The molecule has 1 N–H and O–H groups in total. The van der Waals surface area contributed by atoms with Crippen LogP contribution in [0, 0.1) is 0 Å². The molecule has 21 heavy (non-hydrogen) atoms. The van der Waals surface area contributed by atoms with Crippen molar-refractivity contribution in [2.45, 2.75) is 58.2 Å². The van der Waals surface area contributed by atoms with E-state index in [4.69, 9.17) is 0 Å². The molecule has 1 heterocycles. The Hall–Kier alpha value is -0.980. The van der Waals surface area contributed by atoms with Gasteiger partial charge in [-0.2, -0.15) is 0 Å². The van der Waals surface area contributed by atoms with Crippen LogP contribution in [0.1, 0.15) is 45.2 Å². The van der Waals surface area contributed by atoms with Gasteiger partial charge in [0.15, 0.2) is 5.13 Å². The van der Waals surface area contributed by atoms with Gasteiger partial charge in [0.25, 0.3) is 0 Å². The number of hydrogen-bond donors (Lipinski definition) is 1. The number of nitrogens with zero attached hydrogens (tertiary/aromatic N) is 3. The third kappa shape index (κ3) is 4.02. The van der Waals surface area contributed by atoms with E-state index in [2.05, 4.69) is 9.88 Å². The van der Waals surface area contributed by atoms with E-state index >= 15 is 0 Å². The number of anilines is 1. The molecule has 1 saturated carbocycles. The van der Waals surface area contributed by atoms with E-state index in [1.54, 1.807) is 11.8 Å². The summed E-state index contributed by atoms with van der Waals surface area (Å²) in [4.78, 5) is 20.0. The predicted molar refractivity (Wildman–Crippen MR) is 85.5 cm³/mol. The van der Waals surface area contributed by atoms with Gasteiger partial charge in [-0.1, -0.05) is 12.8 Å². The Morgan fingerprint density at radius 1 is 1.48 bits per heavy atom. The van der Waals surface area contributed by atoms with E-state index in [0.717, 1.165) is 30.1 Å². The van der Waals surface area contributed by atoms with Gasteiger partial charge >= 0.3 is 0 Å². The van der Waals surface area contributed by atoms with Crippen LogP contribution < -0.4 is 4.90 Å². The summed E-state index contributed by atoms with van der Waals surface area (Å²) in [6.07, 6.45) is 4.01. The normalized spacial score (nSPS) is 22.5. The SMILES string of the molecule is CCN(C(C)=O)c1nc(CN(C)C2CCCCC2O)cs1. The summed E-state index contributed by atoms with van der Waals surface area (Å²) in [5.41, 5.74) is 0.968. The maximum absolute atomic E-state index is 11.5. The van der Waals surface area contributed by atoms with E-state index < -0.39 is 0 Å². The molecular formula is C15H25N3O2S. The molecule has 1 aromatic heterocycles. The molecule has 6 heteroatoms. The van der Waals surface area contributed by atoms with Crippen molar-refractivity contribution in [3.63, 3.8) is 0 Å². The van der Waals surface area contributed by atoms with Crippen molar-refractivity contribution < 1.29 is 9.90 Å². The molecule has 2 unspecified atom stereocenters. The highest BCUT2D eigenvalue weighted by Gasteiger charge is 2.27. The quantitative estimate of drug-likeness (QED) is 0.906. The van der Waals surface area contributed by atoms with Crippen LogP contribution in [0.25, 0.3) is 0 Å². The molecule has 1 aromatic rings. The van der Waals surface area contributed by atoms with Crippen LogP contribution in [-0.2, 0) is 11.3 Å². The molecule has 0 bridgehead atoms. The van der Waals surface area contributed by atoms with Crippen LogP contribution in [0.4, 0.5) is 5.13 Å². The number of carbonyl (C=O) groups is 1. The summed E-state index contributed by atoms with van der Waals surface area (Å²) in [6.45, 7) is 4.87. The molecular weight excluding hydrogens is 286 g/mol. The lowest BCUT2D eigenvalue weighted by atomic mass is 9.91. The fraction of sp³-hybridized carbons (Fsp3) is 0.733. The van der Waals surface area contributed by atoms with Crippen molar-refractivity contribution in [1.29, 1.82) is 0 Å². The van der Waals surface area contributed by atoms with E-state index in [9.17, 15) is 9.90 Å². The number of likely N-dealkylation sites (N-methyl/N-ethyl adjacent to an activating group) is 1. The van der Waals surface area contributed by atoms with Gasteiger partial charge in [0.2, 0.25) is 5.91 Å². The minimum absolute atomic E-state index is 0.0226. The van der Waals surface area contributed by atoms with Crippen molar-refractivity contribution >= 4 is 22.4 Å². The van der Waals surface area contributed by atoms with Crippen LogP contribution in [0.15, 0.2) is 5.38 Å². The zero-order valence-electron chi connectivity index (χ0n) is 13.1. The van der Waals surface area contributed by atoms with E-state index in [1.807, 2.05) is 19.4 Å². The lowest BCUT2D eigenvalue weighted by Crippen LogP contribution is -2.42. The van der Waals surface area contributed by atoms with E-state index in [-0.39, 0.29) is 18.1 Å². The topological polar surface area (TPSA) is 56.7 Å². The van der Waals surface area contributed by atoms with Gasteiger partial charge in [-0.05, 0) is 26.8 Å². The zero-order chi connectivity index (χ0) is 15.4. The Kier molecular flexibility index (Phi) is 5.72. The van der Waals surface area contributed by atoms with Crippen LogP contribution in [0.5, 0.6) is 0 Å². The Labute approximate surface area is 130 Å². The van der Waals surface area contributed by atoms with Gasteiger partial charge in [-0.25, -0.2) is 4.98 Å². The van der Waals surface area contributed by atoms with Crippen molar-refractivity contribution in [2.75, 3.05) is 18.5 Å². The highest BCUT2D eigenvalue weighted by Crippen LogP contribution is 2.25. The molecule has 0 spiro atoms. The Balaban J connectivity index is 2.00. The van der Waals surface area contributed by atoms with Crippen molar-refractivity contribution in [3.8, 4) is 0 Å². The Bertz CT molecular complexity index is 477. The van der Waals surface area contributed by atoms with Gasteiger partial charge in [0, 0.05) is 31.4 Å². The molecule has 5 nitrogen and oxygen atoms in total.